The number of halogens is 1. The van der Waals surface area contributed by atoms with Crippen LogP contribution in [0.25, 0.3) is 0 Å². The van der Waals surface area contributed by atoms with E-state index in [1.54, 1.807) is 41.4 Å². The van der Waals surface area contributed by atoms with Gasteiger partial charge in [0, 0.05) is 32.4 Å². The fourth-order valence-corrected chi connectivity index (χ4v) is 2.85. The Labute approximate surface area is 140 Å². The van der Waals surface area contributed by atoms with Gasteiger partial charge >= 0.3 is 0 Å². The van der Waals surface area contributed by atoms with Crippen LogP contribution in [-0.2, 0) is 4.74 Å². The minimum absolute atomic E-state index is 0.114. The first-order chi connectivity index (χ1) is 11.6. The lowest BCUT2D eigenvalue weighted by Gasteiger charge is -2.33. The zero-order valence-electron chi connectivity index (χ0n) is 13.8. The summed E-state index contributed by atoms with van der Waals surface area (Å²) in [7, 11) is 3.70. The number of morpholine rings is 1. The normalized spacial score (nSPS) is 17.6. The molecule has 0 radical (unpaired) electrons. The van der Waals surface area contributed by atoms with Gasteiger partial charge in [-0.3, -0.25) is 4.79 Å². The zero-order valence-corrected chi connectivity index (χ0v) is 13.8. The van der Waals surface area contributed by atoms with E-state index in [-0.39, 0.29) is 11.7 Å². The third kappa shape index (κ3) is 3.23. The van der Waals surface area contributed by atoms with E-state index in [0.717, 1.165) is 0 Å². The summed E-state index contributed by atoms with van der Waals surface area (Å²) >= 11 is 0. The number of pyridine rings is 1. The number of hydrogen-bond acceptors (Lipinski definition) is 4. The number of rotatable bonds is 3. The number of amides is 1. The molecule has 1 atom stereocenters. The standard InChI is InChI=1S/C18H20FN3O2/c1-21(2)17-14(7-5-9-20-17)18(23)22-10-11-24-16(12-22)13-6-3-4-8-15(13)19/h3-9,16H,10-12H2,1-2H3/t16-/m0/s1. The van der Waals surface area contributed by atoms with Crippen molar-refractivity contribution >= 4 is 11.7 Å². The van der Waals surface area contributed by atoms with Crippen molar-refractivity contribution < 1.29 is 13.9 Å². The summed E-state index contributed by atoms with van der Waals surface area (Å²) < 4.78 is 19.7. The van der Waals surface area contributed by atoms with Crippen LogP contribution in [0.2, 0.25) is 0 Å². The first-order valence-corrected chi connectivity index (χ1v) is 7.85. The van der Waals surface area contributed by atoms with E-state index in [0.29, 0.717) is 36.6 Å². The van der Waals surface area contributed by atoms with Crippen LogP contribution < -0.4 is 4.90 Å². The van der Waals surface area contributed by atoms with E-state index in [9.17, 15) is 9.18 Å². The lowest BCUT2D eigenvalue weighted by molar-refractivity contribution is -0.0242. The molecular weight excluding hydrogens is 309 g/mol. The van der Waals surface area contributed by atoms with Gasteiger partial charge in [-0.2, -0.15) is 0 Å². The third-order valence-electron chi connectivity index (χ3n) is 4.05. The van der Waals surface area contributed by atoms with Crippen molar-refractivity contribution in [2.24, 2.45) is 0 Å². The third-order valence-corrected chi connectivity index (χ3v) is 4.05. The molecule has 5 nitrogen and oxygen atoms in total. The maximum absolute atomic E-state index is 14.0. The van der Waals surface area contributed by atoms with Crippen LogP contribution in [-0.4, -0.2) is 49.6 Å². The SMILES string of the molecule is CN(C)c1ncccc1C(=O)N1CCO[C@H](c2ccccc2F)C1. The van der Waals surface area contributed by atoms with Crippen LogP contribution in [0.5, 0.6) is 0 Å². The van der Waals surface area contributed by atoms with Gasteiger partial charge in [0.25, 0.3) is 5.91 Å². The van der Waals surface area contributed by atoms with Crippen molar-refractivity contribution in [3.63, 3.8) is 0 Å². The van der Waals surface area contributed by atoms with Crippen molar-refractivity contribution in [2.45, 2.75) is 6.10 Å². The van der Waals surface area contributed by atoms with Crippen LogP contribution in [0.3, 0.4) is 0 Å². The summed E-state index contributed by atoms with van der Waals surface area (Å²) in [5.74, 6) is 0.194. The Morgan fingerprint density at radius 1 is 1.29 bits per heavy atom. The van der Waals surface area contributed by atoms with Gasteiger partial charge in [0.05, 0.1) is 18.7 Å². The largest absolute Gasteiger partial charge is 0.370 e. The van der Waals surface area contributed by atoms with E-state index in [4.69, 9.17) is 4.74 Å². The Hall–Kier alpha value is -2.47. The zero-order chi connectivity index (χ0) is 17.1. The number of ether oxygens (including phenoxy) is 1. The van der Waals surface area contributed by atoms with Crippen molar-refractivity contribution in [3.8, 4) is 0 Å². The molecule has 1 aromatic heterocycles. The number of aromatic nitrogens is 1. The lowest BCUT2D eigenvalue weighted by atomic mass is 10.1. The fourth-order valence-electron chi connectivity index (χ4n) is 2.85. The Morgan fingerprint density at radius 3 is 2.83 bits per heavy atom. The molecule has 0 bridgehead atoms. The second-order valence-corrected chi connectivity index (χ2v) is 5.90. The highest BCUT2D eigenvalue weighted by atomic mass is 19.1. The maximum atomic E-state index is 14.0. The van der Waals surface area contributed by atoms with Crippen LogP contribution in [0, 0.1) is 5.82 Å². The fraction of sp³-hybridized carbons (Fsp3) is 0.333. The molecule has 0 unspecified atom stereocenters. The van der Waals surface area contributed by atoms with Gasteiger partial charge in [0.15, 0.2) is 0 Å². The molecule has 0 aliphatic carbocycles. The van der Waals surface area contributed by atoms with Gasteiger partial charge in [0.1, 0.15) is 17.7 Å². The highest BCUT2D eigenvalue weighted by molar-refractivity contribution is 5.98. The second-order valence-electron chi connectivity index (χ2n) is 5.90. The molecule has 2 heterocycles. The summed E-state index contributed by atoms with van der Waals surface area (Å²) in [6.07, 6.45) is 1.21. The van der Waals surface area contributed by atoms with Crippen LogP contribution in [0.15, 0.2) is 42.6 Å². The maximum Gasteiger partial charge on any atom is 0.257 e. The topological polar surface area (TPSA) is 45.7 Å². The van der Waals surface area contributed by atoms with E-state index < -0.39 is 6.10 Å². The molecule has 1 aliphatic rings. The molecule has 2 aromatic rings. The molecule has 1 aliphatic heterocycles. The highest BCUT2D eigenvalue weighted by Gasteiger charge is 2.29. The van der Waals surface area contributed by atoms with Gasteiger partial charge in [-0.25, -0.2) is 9.37 Å². The predicted molar refractivity (Wildman–Crippen MR) is 89.6 cm³/mol. The summed E-state index contributed by atoms with van der Waals surface area (Å²) in [5.41, 5.74) is 1.02. The molecule has 0 N–H and O–H groups in total. The minimum Gasteiger partial charge on any atom is -0.370 e. The Morgan fingerprint density at radius 2 is 2.08 bits per heavy atom. The van der Waals surface area contributed by atoms with E-state index >= 15 is 0 Å². The molecule has 1 saturated heterocycles. The molecule has 0 spiro atoms. The second kappa shape index (κ2) is 6.97. The summed E-state index contributed by atoms with van der Waals surface area (Å²) in [6.45, 7) is 1.18. The highest BCUT2D eigenvalue weighted by Crippen LogP contribution is 2.26. The Bertz CT molecular complexity index is 736. The Balaban J connectivity index is 1.83. The number of hydrogen-bond donors (Lipinski definition) is 0. The first-order valence-electron chi connectivity index (χ1n) is 7.85. The van der Waals surface area contributed by atoms with Crippen molar-refractivity contribution in [2.75, 3.05) is 38.7 Å². The molecule has 6 heteroatoms. The number of nitrogens with zero attached hydrogens (tertiary/aromatic N) is 3. The molecule has 0 saturated carbocycles. The smallest absolute Gasteiger partial charge is 0.257 e. The van der Waals surface area contributed by atoms with E-state index in [1.165, 1.54) is 6.07 Å². The monoisotopic (exact) mass is 329 g/mol. The summed E-state index contributed by atoms with van der Waals surface area (Å²) in [5, 5.41) is 0. The molecule has 126 valence electrons. The van der Waals surface area contributed by atoms with Crippen molar-refractivity contribution in [1.82, 2.24) is 9.88 Å². The molecule has 3 rings (SSSR count). The molecule has 1 fully saturated rings. The predicted octanol–water partition coefficient (Wildman–Crippen LogP) is 2.50. The Kier molecular flexibility index (Phi) is 4.76. The first kappa shape index (κ1) is 16.4. The van der Waals surface area contributed by atoms with Crippen molar-refractivity contribution in [3.05, 3.63) is 59.5 Å². The molecular formula is C18H20FN3O2. The van der Waals surface area contributed by atoms with Crippen molar-refractivity contribution in [1.29, 1.82) is 0 Å². The average Bonchev–Trinajstić information content (AvgIpc) is 2.61. The van der Waals surface area contributed by atoms with Gasteiger partial charge in [-0.1, -0.05) is 18.2 Å². The lowest BCUT2D eigenvalue weighted by Crippen LogP contribution is -2.42. The van der Waals surface area contributed by atoms with Crippen LogP contribution >= 0.6 is 0 Å². The van der Waals surface area contributed by atoms with Crippen LogP contribution in [0.4, 0.5) is 10.2 Å². The summed E-state index contributed by atoms with van der Waals surface area (Å²) in [6, 6.07) is 10.0. The average molecular weight is 329 g/mol. The molecule has 1 amide bonds. The number of carbonyl (C=O) groups excluding carboxylic acids is 1. The van der Waals surface area contributed by atoms with Gasteiger partial charge in [-0.05, 0) is 18.2 Å². The van der Waals surface area contributed by atoms with Crippen LogP contribution in [0.1, 0.15) is 22.0 Å². The van der Waals surface area contributed by atoms with E-state index in [1.807, 2.05) is 19.0 Å². The van der Waals surface area contributed by atoms with Gasteiger partial charge in [0.2, 0.25) is 0 Å². The minimum atomic E-state index is -0.455. The number of carbonyl (C=O) groups is 1. The molecule has 1 aromatic carbocycles. The number of anilines is 1. The van der Waals surface area contributed by atoms with E-state index in [2.05, 4.69) is 4.98 Å². The van der Waals surface area contributed by atoms with Gasteiger partial charge in [-0.15, -0.1) is 0 Å². The quantitative estimate of drug-likeness (QED) is 0.868. The number of benzene rings is 1. The molecule has 24 heavy (non-hydrogen) atoms. The van der Waals surface area contributed by atoms with Gasteiger partial charge < -0.3 is 14.5 Å². The summed E-state index contributed by atoms with van der Waals surface area (Å²) in [4.78, 5) is 20.7.